The zero-order valence-corrected chi connectivity index (χ0v) is 18.3. The van der Waals surface area contributed by atoms with Crippen LogP contribution in [-0.4, -0.2) is 35.7 Å². The second-order valence-corrected chi connectivity index (χ2v) is 8.50. The standard InChI is InChI=1S/C20H18BrFN2O4S/c1-11(25)10-24(29(3)27)16-9-17-14(8-15(16)21)18(20(26)23-2)19(28-17)12-4-6-13(22)7-5-12/h4-9H,10H2,1-3H3,(H,23,26). The van der Waals surface area contributed by atoms with Gasteiger partial charge in [-0.3, -0.25) is 13.9 Å². The summed E-state index contributed by atoms with van der Waals surface area (Å²) in [6, 6.07) is 8.94. The van der Waals surface area contributed by atoms with Crippen LogP contribution in [-0.2, 0) is 15.8 Å². The lowest BCUT2D eigenvalue weighted by Gasteiger charge is -2.21. The van der Waals surface area contributed by atoms with Crippen LogP contribution in [0.2, 0.25) is 0 Å². The van der Waals surface area contributed by atoms with E-state index in [4.69, 9.17) is 4.42 Å². The van der Waals surface area contributed by atoms with E-state index in [1.807, 2.05) is 0 Å². The fourth-order valence-corrected chi connectivity index (χ4v) is 4.44. The lowest BCUT2D eigenvalue weighted by molar-refractivity contribution is -0.115. The molecule has 0 radical (unpaired) electrons. The van der Waals surface area contributed by atoms with Crippen molar-refractivity contribution < 1.29 is 22.6 Å². The van der Waals surface area contributed by atoms with Gasteiger partial charge in [-0.25, -0.2) is 8.60 Å². The number of hydrogen-bond donors (Lipinski definition) is 1. The lowest BCUT2D eigenvalue weighted by atomic mass is 10.0. The van der Waals surface area contributed by atoms with E-state index in [0.717, 1.165) is 0 Å². The van der Waals surface area contributed by atoms with E-state index in [-0.39, 0.29) is 18.2 Å². The molecule has 3 aromatic rings. The van der Waals surface area contributed by atoms with Gasteiger partial charge in [-0.1, -0.05) is 0 Å². The molecule has 1 amide bonds. The summed E-state index contributed by atoms with van der Waals surface area (Å²) in [5.41, 5.74) is 1.71. The molecule has 0 aliphatic heterocycles. The quantitative estimate of drug-likeness (QED) is 0.576. The molecule has 6 nitrogen and oxygen atoms in total. The van der Waals surface area contributed by atoms with Crippen LogP contribution >= 0.6 is 15.9 Å². The van der Waals surface area contributed by atoms with Crippen LogP contribution in [0.1, 0.15) is 17.3 Å². The summed E-state index contributed by atoms with van der Waals surface area (Å²) in [5, 5.41) is 3.12. The van der Waals surface area contributed by atoms with Gasteiger partial charge >= 0.3 is 0 Å². The second kappa shape index (κ2) is 8.46. The monoisotopic (exact) mass is 480 g/mol. The van der Waals surface area contributed by atoms with Crippen molar-refractivity contribution in [3.05, 3.63) is 52.3 Å². The van der Waals surface area contributed by atoms with Crippen molar-refractivity contribution in [2.45, 2.75) is 6.92 Å². The number of halogens is 2. The lowest BCUT2D eigenvalue weighted by Crippen LogP contribution is -2.30. The molecular weight excluding hydrogens is 463 g/mol. The maximum atomic E-state index is 13.3. The molecule has 152 valence electrons. The molecule has 1 heterocycles. The van der Waals surface area contributed by atoms with Gasteiger partial charge in [-0.2, -0.15) is 0 Å². The van der Waals surface area contributed by atoms with Crippen molar-refractivity contribution in [3.63, 3.8) is 0 Å². The number of fused-ring (bicyclic) bond motifs is 1. The number of nitrogens with one attached hydrogen (secondary N) is 1. The smallest absolute Gasteiger partial charge is 0.255 e. The van der Waals surface area contributed by atoms with Crippen molar-refractivity contribution >= 4 is 55.3 Å². The first-order valence-corrected chi connectivity index (χ1v) is 10.9. The largest absolute Gasteiger partial charge is 0.455 e. The van der Waals surface area contributed by atoms with Crippen LogP contribution < -0.4 is 9.62 Å². The van der Waals surface area contributed by atoms with Gasteiger partial charge in [0.1, 0.15) is 33.9 Å². The highest BCUT2D eigenvalue weighted by atomic mass is 79.9. The molecule has 0 bridgehead atoms. The van der Waals surface area contributed by atoms with Gasteiger partial charge < -0.3 is 9.73 Å². The third kappa shape index (κ3) is 4.25. The summed E-state index contributed by atoms with van der Waals surface area (Å²) >= 11 is 3.45. The third-order valence-electron chi connectivity index (χ3n) is 4.26. The van der Waals surface area contributed by atoms with Crippen LogP contribution in [0.3, 0.4) is 0 Å². The Bertz CT molecular complexity index is 1130. The summed E-state index contributed by atoms with van der Waals surface area (Å²) in [6.07, 6.45) is 1.47. The van der Waals surface area contributed by atoms with Crippen LogP contribution in [0, 0.1) is 5.82 Å². The second-order valence-electron chi connectivity index (χ2n) is 6.35. The molecule has 0 saturated heterocycles. The maximum Gasteiger partial charge on any atom is 0.255 e. The minimum atomic E-state index is -1.46. The topological polar surface area (TPSA) is 79.6 Å². The van der Waals surface area contributed by atoms with Gasteiger partial charge in [-0.15, -0.1) is 0 Å². The number of carbonyl (C=O) groups excluding carboxylic acids is 2. The van der Waals surface area contributed by atoms with Gasteiger partial charge in [0.25, 0.3) is 5.91 Å². The Kier molecular flexibility index (Phi) is 6.18. The van der Waals surface area contributed by atoms with Gasteiger partial charge in [0.2, 0.25) is 0 Å². The first-order chi connectivity index (χ1) is 13.7. The number of benzene rings is 2. The average molecular weight is 481 g/mol. The summed E-state index contributed by atoms with van der Waals surface area (Å²) in [6.45, 7) is 1.37. The molecule has 0 aliphatic rings. The average Bonchev–Trinajstić information content (AvgIpc) is 3.03. The Balaban J connectivity index is 2.26. The molecule has 1 unspecified atom stereocenters. The maximum absolute atomic E-state index is 13.3. The minimum absolute atomic E-state index is 0.0406. The predicted octanol–water partition coefficient (Wildman–Crippen LogP) is 4.05. The number of ketones is 1. The zero-order valence-electron chi connectivity index (χ0n) is 15.9. The summed E-state index contributed by atoms with van der Waals surface area (Å²) < 4.78 is 33.5. The molecule has 2 aromatic carbocycles. The molecule has 0 saturated carbocycles. The summed E-state index contributed by atoms with van der Waals surface area (Å²) in [5.74, 6) is -0.618. The van der Waals surface area contributed by atoms with Gasteiger partial charge in [0.05, 0.1) is 17.8 Å². The summed E-state index contributed by atoms with van der Waals surface area (Å²) in [4.78, 5) is 24.2. The first-order valence-electron chi connectivity index (χ1n) is 8.57. The fraction of sp³-hybridized carbons (Fsp3) is 0.200. The van der Waals surface area contributed by atoms with Crippen LogP contribution in [0.4, 0.5) is 10.1 Å². The predicted molar refractivity (Wildman–Crippen MR) is 115 cm³/mol. The number of amides is 1. The Hall–Kier alpha value is -2.52. The van der Waals surface area contributed by atoms with E-state index in [2.05, 4.69) is 21.2 Å². The first kappa shape index (κ1) is 21.2. The normalized spacial score (nSPS) is 12.0. The Morgan fingerprint density at radius 3 is 2.45 bits per heavy atom. The number of carbonyl (C=O) groups is 2. The summed E-state index contributed by atoms with van der Waals surface area (Å²) in [7, 11) is 0.0520. The van der Waals surface area contributed by atoms with Gasteiger partial charge in [0, 0.05) is 34.8 Å². The molecule has 1 atom stereocenters. The number of furan rings is 1. The Morgan fingerprint density at radius 2 is 1.90 bits per heavy atom. The Morgan fingerprint density at radius 1 is 1.24 bits per heavy atom. The molecular formula is C20H18BrFN2O4S. The van der Waals surface area contributed by atoms with E-state index < -0.39 is 16.8 Å². The van der Waals surface area contributed by atoms with Crippen molar-refractivity contribution in [2.24, 2.45) is 0 Å². The van der Waals surface area contributed by atoms with Gasteiger partial charge in [0.15, 0.2) is 0 Å². The number of rotatable bonds is 6. The molecule has 1 aromatic heterocycles. The van der Waals surface area contributed by atoms with E-state index in [1.54, 1.807) is 12.1 Å². The third-order valence-corrected chi connectivity index (χ3v) is 5.84. The Labute approximate surface area is 177 Å². The van der Waals surface area contributed by atoms with Crippen LogP contribution in [0.5, 0.6) is 0 Å². The van der Waals surface area contributed by atoms with E-state index in [0.29, 0.717) is 38.0 Å². The molecule has 29 heavy (non-hydrogen) atoms. The van der Waals surface area contributed by atoms with Crippen molar-refractivity contribution in [1.82, 2.24) is 5.32 Å². The number of Topliss-reactive ketones (excluding diaryl/α,β-unsaturated/α-hetero) is 1. The zero-order chi connectivity index (χ0) is 21.3. The fourth-order valence-electron chi connectivity index (χ4n) is 2.97. The van der Waals surface area contributed by atoms with E-state index >= 15 is 0 Å². The highest BCUT2D eigenvalue weighted by molar-refractivity contribution is 9.10. The molecule has 0 spiro atoms. The van der Waals surface area contributed by atoms with Crippen molar-refractivity contribution in [1.29, 1.82) is 0 Å². The minimum Gasteiger partial charge on any atom is -0.455 e. The van der Waals surface area contributed by atoms with Gasteiger partial charge in [-0.05, 0) is 53.2 Å². The van der Waals surface area contributed by atoms with E-state index in [1.165, 1.54) is 48.8 Å². The van der Waals surface area contributed by atoms with Crippen molar-refractivity contribution in [2.75, 3.05) is 24.2 Å². The van der Waals surface area contributed by atoms with E-state index in [9.17, 15) is 18.2 Å². The molecule has 1 N–H and O–H groups in total. The van der Waals surface area contributed by atoms with Crippen LogP contribution in [0.25, 0.3) is 22.3 Å². The van der Waals surface area contributed by atoms with Crippen LogP contribution in [0.15, 0.2) is 45.3 Å². The molecule has 3 rings (SSSR count). The SMILES string of the molecule is CNC(=O)c1c(-c2ccc(F)cc2)oc2cc(N(CC(C)=O)S(C)=O)c(Br)cc12. The van der Waals surface area contributed by atoms with Crippen molar-refractivity contribution in [3.8, 4) is 11.3 Å². The highest BCUT2D eigenvalue weighted by Crippen LogP contribution is 2.39. The number of nitrogens with zero attached hydrogens (tertiary/aromatic N) is 1. The molecule has 9 heteroatoms. The molecule has 0 aliphatic carbocycles. The highest BCUT2D eigenvalue weighted by Gasteiger charge is 2.25. The number of hydrogen-bond acceptors (Lipinski definition) is 4. The number of anilines is 1. The molecule has 0 fully saturated rings.